The van der Waals surface area contributed by atoms with E-state index in [0.29, 0.717) is 18.1 Å². The Labute approximate surface area is 129 Å². The first-order chi connectivity index (χ1) is 10.4. The van der Waals surface area contributed by atoms with Gasteiger partial charge in [0.15, 0.2) is 5.82 Å². The van der Waals surface area contributed by atoms with E-state index < -0.39 is 12.0 Å². The Bertz CT molecular complexity index is 648. The minimum absolute atomic E-state index is 0.274. The SMILES string of the molecule is Cc1cc(C)n(-c2ccc(N[C@@H](CC(C)C)C(=O)O)nn2)n1. The summed E-state index contributed by atoms with van der Waals surface area (Å²) in [5, 5.41) is 24.6. The molecule has 2 aromatic rings. The molecule has 2 heterocycles. The van der Waals surface area contributed by atoms with E-state index in [4.69, 9.17) is 0 Å². The number of rotatable bonds is 6. The molecule has 0 saturated heterocycles. The quantitative estimate of drug-likeness (QED) is 0.849. The monoisotopic (exact) mass is 303 g/mol. The first-order valence-electron chi connectivity index (χ1n) is 7.23. The molecule has 0 unspecified atom stereocenters. The standard InChI is InChI=1S/C15H21N5O2/c1-9(2)7-12(15(21)22)16-13-5-6-14(18-17-13)20-11(4)8-10(3)19-20/h5-6,8-9,12H,7H2,1-4H3,(H,16,17)(H,21,22)/t12-/m0/s1. The molecule has 2 N–H and O–H groups in total. The third kappa shape index (κ3) is 3.81. The number of carboxylic acid groups (broad SMARTS) is 1. The van der Waals surface area contributed by atoms with Crippen molar-refractivity contribution in [2.45, 2.75) is 40.2 Å². The van der Waals surface area contributed by atoms with Crippen molar-refractivity contribution in [3.8, 4) is 5.82 Å². The fourth-order valence-electron chi connectivity index (χ4n) is 2.25. The Morgan fingerprint density at radius 3 is 2.50 bits per heavy atom. The van der Waals surface area contributed by atoms with E-state index in [2.05, 4.69) is 20.6 Å². The van der Waals surface area contributed by atoms with Crippen LogP contribution in [0.25, 0.3) is 5.82 Å². The Morgan fingerprint density at radius 2 is 2.05 bits per heavy atom. The maximum absolute atomic E-state index is 11.3. The molecule has 0 fully saturated rings. The number of carboxylic acids is 1. The minimum Gasteiger partial charge on any atom is -0.480 e. The van der Waals surface area contributed by atoms with Gasteiger partial charge in [0, 0.05) is 5.69 Å². The van der Waals surface area contributed by atoms with E-state index in [1.807, 2.05) is 33.8 Å². The highest BCUT2D eigenvalue weighted by Gasteiger charge is 2.19. The van der Waals surface area contributed by atoms with Crippen LogP contribution in [0.4, 0.5) is 5.82 Å². The van der Waals surface area contributed by atoms with Gasteiger partial charge < -0.3 is 10.4 Å². The highest BCUT2D eigenvalue weighted by molar-refractivity contribution is 5.76. The number of hydrogen-bond acceptors (Lipinski definition) is 5. The van der Waals surface area contributed by atoms with Gasteiger partial charge in [0.2, 0.25) is 0 Å². The van der Waals surface area contributed by atoms with E-state index >= 15 is 0 Å². The predicted molar refractivity (Wildman–Crippen MR) is 83.1 cm³/mol. The number of aliphatic carboxylic acids is 1. The molecule has 0 aromatic carbocycles. The topological polar surface area (TPSA) is 92.9 Å². The van der Waals surface area contributed by atoms with Crippen molar-refractivity contribution in [3.05, 3.63) is 29.6 Å². The minimum atomic E-state index is -0.891. The van der Waals surface area contributed by atoms with Gasteiger partial charge in [-0.1, -0.05) is 13.8 Å². The summed E-state index contributed by atoms with van der Waals surface area (Å²) in [6.45, 7) is 7.82. The van der Waals surface area contributed by atoms with Crippen LogP contribution in [0.3, 0.4) is 0 Å². The van der Waals surface area contributed by atoms with Gasteiger partial charge in [-0.25, -0.2) is 9.48 Å². The first-order valence-corrected chi connectivity index (χ1v) is 7.23. The van der Waals surface area contributed by atoms with Crippen molar-refractivity contribution < 1.29 is 9.90 Å². The fraction of sp³-hybridized carbons (Fsp3) is 0.467. The lowest BCUT2D eigenvalue weighted by molar-refractivity contribution is -0.138. The normalized spacial score (nSPS) is 12.4. The van der Waals surface area contributed by atoms with E-state index in [1.165, 1.54) is 0 Å². The van der Waals surface area contributed by atoms with Crippen molar-refractivity contribution in [3.63, 3.8) is 0 Å². The maximum Gasteiger partial charge on any atom is 0.326 e. The number of aromatic nitrogens is 4. The number of carbonyl (C=O) groups is 1. The van der Waals surface area contributed by atoms with Crippen LogP contribution >= 0.6 is 0 Å². The van der Waals surface area contributed by atoms with Crippen LogP contribution in [0.5, 0.6) is 0 Å². The number of hydrogen-bond donors (Lipinski definition) is 2. The van der Waals surface area contributed by atoms with Gasteiger partial charge in [0.1, 0.15) is 11.9 Å². The third-order valence-electron chi connectivity index (χ3n) is 3.20. The molecule has 7 nitrogen and oxygen atoms in total. The van der Waals surface area contributed by atoms with Crippen molar-refractivity contribution in [1.82, 2.24) is 20.0 Å². The summed E-state index contributed by atoms with van der Waals surface area (Å²) in [7, 11) is 0. The van der Waals surface area contributed by atoms with Gasteiger partial charge in [-0.15, -0.1) is 10.2 Å². The third-order valence-corrected chi connectivity index (χ3v) is 3.20. The molecule has 0 spiro atoms. The van der Waals surface area contributed by atoms with Gasteiger partial charge in [0.05, 0.1) is 5.69 Å². The van der Waals surface area contributed by atoms with Gasteiger partial charge in [-0.05, 0) is 44.4 Å². The van der Waals surface area contributed by atoms with Gasteiger partial charge in [-0.3, -0.25) is 0 Å². The molecule has 0 saturated carbocycles. The number of anilines is 1. The zero-order chi connectivity index (χ0) is 16.3. The lowest BCUT2D eigenvalue weighted by Gasteiger charge is -2.16. The average molecular weight is 303 g/mol. The molecule has 0 radical (unpaired) electrons. The molecule has 0 bridgehead atoms. The number of aryl methyl sites for hydroxylation is 2. The molecule has 22 heavy (non-hydrogen) atoms. The molecule has 2 aromatic heterocycles. The Balaban J connectivity index is 2.14. The zero-order valence-electron chi connectivity index (χ0n) is 13.2. The van der Waals surface area contributed by atoms with Crippen LogP contribution in [-0.4, -0.2) is 37.1 Å². The smallest absolute Gasteiger partial charge is 0.326 e. The summed E-state index contributed by atoms with van der Waals surface area (Å²) in [5.41, 5.74) is 1.88. The second-order valence-corrected chi connectivity index (χ2v) is 5.78. The second-order valence-electron chi connectivity index (χ2n) is 5.78. The van der Waals surface area contributed by atoms with Crippen molar-refractivity contribution >= 4 is 11.8 Å². The molecule has 7 heteroatoms. The summed E-state index contributed by atoms with van der Waals surface area (Å²) < 4.78 is 1.70. The summed E-state index contributed by atoms with van der Waals surface area (Å²) >= 11 is 0. The lowest BCUT2D eigenvalue weighted by Crippen LogP contribution is -2.31. The zero-order valence-corrected chi connectivity index (χ0v) is 13.2. The molecule has 0 aliphatic rings. The molecular formula is C15H21N5O2. The van der Waals surface area contributed by atoms with E-state index in [9.17, 15) is 9.90 Å². The van der Waals surface area contributed by atoms with Crippen molar-refractivity contribution in [2.24, 2.45) is 5.92 Å². The number of nitrogens with one attached hydrogen (secondary N) is 1. The van der Waals surface area contributed by atoms with Gasteiger partial charge in [-0.2, -0.15) is 5.10 Å². The van der Waals surface area contributed by atoms with Gasteiger partial charge in [0.25, 0.3) is 0 Å². The molecular weight excluding hydrogens is 282 g/mol. The molecule has 0 amide bonds. The lowest BCUT2D eigenvalue weighted by atomic mass is 10.0. The largest absolute Gasteiger partial charge is 0.480 e. The molecule has 0 aliphatic carbocycles. The average Bonchev–Trinajstić information content (AvgIpc) is 2.77. The number of nitrogens with zero attached hydrogens (tertiary/aromatic N) is 4. The van der Waals surface area contributed by atoms with Gasteiger partial charge >= 0.3 is 5.97 Å². The van der Waals surface area contributed by atoms with E-state index in [1.54, 1.807) is 16.8 Å². The van der Waals surface area contributed by atoms with Crippen LogP contribution in [-0.2, 0) is 4.79 Å². The summed E-state index contributed by atoms with van der Waals surface area (Å²) in [5.74, 6) is 0.430. The van der Waals surface area contributed by atoms with Crippen molar-refractivity contribution in [1.29, 1.82) is 0 Å². The Kier molecular flexibility index (Phi) is 4.75. The summed E-state index contributed by atoms with van der Waals surface area (Å²) in [6, 6.07) is 4.77. The Morgan fingerprint density at radius 1 is 1.32 bits per heavy atom. The molecule has 0 aliphatic heterocycles. The highest BCUT2D eigenvalue weighted by atomic mass is 16.4. The highest BCUT2D eigenvalue weighted by Crippen LogP contribution is 2.13. The van der Waals surface area contributed by atoms with E-state index in [0.717, 1.165) is 11.4 Å². The van der Waals surface area contributed by atoms with Crippen LogP contribution in [0, 0.1) is 19.8 Å². The van der Waals surface area contributed by atoms with E-state index in [-0.39, 0.29) is 5.92 Å². The summed E-state index contributed by atoms with van der Waals surface area (Å²) in [4.78, 5) is 11.3. The molecule has 1 atom stereocenters. The van der Waals surface area contributed by atoms with Crippen LogP contribution < -0.4 is 5.32 Å². The van der Waals surface area contributed by atoms with Crippen molar-refractivity contribution in [2.75, 3.05) is 5.32 Å². The first kappa shape index (κ1) is 15.9. The molecule has 118 valence electrons. The van der Waals surface area contributed by atoms with Crippen LogP contribution in [0.15, 0.2) is 18.2 Å². The van der Waals surface area contributed by atoms with Crippen LogP contribution in [0.2, 0.25) is 0 Å². The second kappa shape index (κ2) is 6.55. The maximum atomic E-state index is 11.3. The fourth-order valence-corrected chi connectivity index (χ4v) is 2.25. The Hall–Kier alpha value is -2.44. The summed E-state index contributed by atoms with van der Waals surface area (Å²) in [6.07, 6.45) is 0.524. The molecule has 2 rings (SSSR count). The van der Waals surface area contributed by atoms with Crippen LogP contribution in [0.1, 0.15) is 31.7 Å². The predicted octanol–water partition coefficient (Wildman–Crippen LogP) is 2.19.